The van der Waals surface area contributed by atoms with Crippen LogP contribution < -0.4 is 15.4 Å². The average Bonchev–Trinajstić information content (AvgIpc) is 2.56. The van der Waals surface area contributed by atoms with Crippen molar-refractivity contribution in [2.45, 2.75) is 39.8 Å². The van der Waals surface area contributed by atoms with Gasteiger partial charge in [0.05, 0.1) is 6.54 Å². The Bertz CT molecular complexity index is 485. The van der Waals surface area contributed by atoms with Crippen molar-refractivity contribution >= 4 is 5.96 Å². The highest BCUT2D eigenvalue weighted by molar-refractivity contribution is 5.79. The molecule has 136 valence electrons. The number of alkyl halides is 2. The molecule has 0 spiro atoms. The molecule has 0 unspecified atom stereocenters. The zero-order chi connectivity index (χ0) is 17.6. The summed E-state index contributed by atoms with van der Waals surface area (Å²) in [6.45, 7) is 4.35. The lowest BCUT2D eigenvalue weighted by molar-refractivity contribution is -0.0504. The first-order valence-corrected chi connectivity index (χ1v) is 8.30. The Hall–Kier alpha value is -1.89. The van der Waals surface area contributed by atoms with Gasteiger partial charge in [-0.25, -0.2) is 4.99 Å². The predicted molar refractivity (Wildman–Crippen MR) is 91.6 cm³/mol. The van der Waals surface area contributed by atoms with E-state index in [1.54, 1.807) is 18.2 Å². The first kappa shape index (κ1) is 20.2. The van der Waals surface area contributed by atoms with Gasteiger partial charge in [-0.1, -0.05) is 18.2 Å². The van der Waals surface area contributed by atoms with Crippen LogP contribution in [0.15, 0.2) is 29.3 Å². The summed E-state index contributed by atoms with van der Waals surface area (Å²) in [5, 5.41) is 6.36. The van der Waals surface area contributed by atoms with Crippen molar-refractivity contribution in [1.82, 2.24) is 10.6 Å². The number of hydrogen-bond acceptors (Lipinski definition) is 3. The molecule has 0 aliphatic heterocycles. The van der Waals surface area contributed by atoms with E-state index in [9.17, 15) is 8.78 Å². The molecule has 0 saturated carbocycles. The largest absolute Gasteiger partial charge is 0.434 e. The quantitative estimate of drug-likeness (QED) is 0.368. The lowest BCUT2D eigenvalue weighted by Crippen LogP contribution is -2.37. The second kappa shape index (κ2) is 12.5. The number of ether oxygens (including phenoxy) is 2. The van der Waals surface area contributed by atoms with E-state index in [2.05, 4.69) is 20.4 Å². The summed E-state index contributed by atoms with van der Waals surface area (Å²) in [5.41, 5.74) is 0.617. The third-order valence-corrected chi connectivity index (χ3v) is 3.15. The highest BCUT2D eigenvalue weighted by atomic mass is 19.3. The minimum Gasteiger partial charge on any atom is -0.434 e. The first-order valence-electron chi connectivity index (χ1n) is 8.30. The van der Waals surface area contributed by atoms with Gasteiger partial charge in [-0.05, 0) is 32.8 Å². The molecule has 0 fully saturated rings. The van der Waals surface area contributed by atoms with Crippen LogP contribution in [0.2, 0.25) is 0 Å². The molecule has 1 aromatic rings. The molecule has 5 nitrogen and oxygen atoms in total. The lowest BCUT2D eigenvalue weighted by atomic mass is 10.2. The van der Waals surface area contributed by atoms with Crippen LogP contribution in [-0.4, -0.2) is 38.9 Å². The molecule has 0 aromatic heterocycles. The normalized spacial score (nSPS) is 11.6. The summed E-state index contributed by atoms with van der Waals surface area (Å²) in [5.74, 6) is 0.810. The van der Waals surface area contributed by atoms with Crippen LogP contribution >= 0.6 is 0 Å². The number of para-hydroxylation sites is 1. The lowest BCUT2D eigenvalue weighted by Gasteiger charge is -2.12. The van der Waals surface area contributed by atoms with Crippen LogP contribution in [0.3, 0.4) is 0 Å². The average molecular weight is 343 g/mol. The third kappa shape index (κ3) is 8.67. The fraction of sp³-hybridized carbons (Fsp3) is 0.588. The standard InChI is InChI=1S/C17H27F2N3O2/c1-3-20-17(21-11-7-8-12-23-4-2)22-13-14-9-5-6-10-15(14)24-16(18)19/h5-6,9-10,16H,3-4,7-8,11-13H2,1-2H3,(H2,20,21,22). The number of guanidine groups is 1. The molecule has 0 radical (unpaired) electrons. The number of benzene rings is 1. The molecule has 2 N–H and O–H groups in total. The van der Waals surface area contributed by atoms with E-state index in [1.165, 1.54) is 6.07 Å². The van der Waals surface area contributed by atoms with Gasteiger partial charge in [0.2, 0.25) is 0 Å². The van der Waals surface area contributed by atoms with Gasteiger partial charge in [0, 0.05) is 31.9 Å². The Morgan fingerprint density at radius 1 is 1.17 bits per heavy atom. The number of nitrogens with one attached hydrogen (secondary N) is 2. The molecule has 24 heavy (non-hydrogen) atoms. The van der Waals surface area contributed by atoms with Crippen LogP contribution in [0.4, 0.5) is 8.78 Å². The van der Waals surface area contributed by atoms with Crippen LogP contribution in [0, 0.1) is 0 Å². The molecule has 0 bridgehead atoms. The topological polar surface area (TPSA) is 54.9 Å². The Kier molecular flexibility index (Phi) is 10.5. The molecule has 0 heterocycles. The van der Waals surface area contributed by atoms with Crippen LogP contribution in [-0.2, 0) is 11.3 Å². The van der Waals surface area contributed by atoms with Gasteiger partial charge in [-0.15, -0.1) is 0 Å². The molecule has 1 aromatic carbocycles. The van der Waals surface area contributed by atoms with Gasteiger partial charge >= 0.3 is 6.61 Å². The highest BCUT2D eigenvalue weighted by Crippen LogP contribution is 2.20. The maximum absolute atomic E-state index is 12.4. The molecule has 0 aliphatic carbocycles. The van der Waals surface area contributed by atoms with E-state index in [0.717, 1.165) is 39.1 Å². The molecular formula is C17H27F2N3O2. The minimum atomic E-state index is -2.84. The van der Waals surface area contributed by atoms with Crippen molar-refractivity contribution in [1.29, 1.82) is 0 Å². The maximum atomic E-state index is 12.4. The van der Waals surface area contributed by atoms with Crippen molar-refractivity contribution in [2.75, 3.05) is 26.3 Å². The predicted octanol–water partition coefficient (Wildman–Crippen LogP) is 3.16. The SMILES string of the molecule is CCNC(=NCc1ccccc1OC(F)F)NCCCCOCC. The third-order valence-electron chi connectivity index (χ3n) is 3.15. The van der Waals surface area contributed by atoms with E-state index in [-0.39, 0.29) is 12.3 Å². The van der Waals surface area contributed by atoms with Crippen LogP contribution in [0.5, 0.6) is 5.75 Å². The minimum absolute atomic E-state index is 0.156. The number of halogens is 2. The fourth-order valence-corrected chi connectivity index (χ4v) is 2.03. The highest BCUT2D eigenvalue weighted by Gasteiger charge is 2.08. The monoisotopic (exact) mass is 343 g/mol. The Labute approximate surface area is 142 Å². The first-order chi connectivity index (χ1) is 11.7. The van der Waals surface area contributed by atoms with Gasteiger partial charge in [-0.2, -0.15) is 8.78 Å². The summed E-state index contributed by atoms with van der Waals surface area (Å²) in [6, 6.07) is 6.68. The number of nitrogens with zero attached hydrogens (tertiary/aromatic N) is 1. The Morgan fingerprint density at radius 2 is 1.96 bits per heavy atom. The van der Waals surface area contributed by atoms with Crippen LogP contribution in [0.25, 0.3) is 0 Å². The van der Waals surface area contributed by atoms with E-state index in [4.69, 9.17) is 4.74 Å². The van der Waals surface area contributed by atoms with E-state index < -0.39 is 6.61 Å². The zero-order valence-electron chi connectivity index (χ0n) is 14.4. The van der Waals surface area contributed by atoms with Gasteiger partial charge in [0.1, 0.15) is 5.75 Å². The number of rotatable bonds is 11. The summed E-state index contributed by atoms with van der Waals surface area (Å²) in [4.78, 5) is 4.42. The fourth-order valence-electron chi connectivity index (χ4n) is 2.03. The van der Waals surface area contributed by atoms with Crippen molar-refractivity contribution in [3.05, 3.63) is 29.8 Å². The molecule has 0 saturated heterocycles. The Morgan fingerprint density at radius 3 is 2.67 bits per heavy atom. The summed E-state index contributed by atoms with van der Waals surface area (Å²) in [7, 11) is 0. The second-order valence-corrected chi connectivity index (χ2v) is 5.01. The van der Waals surface area contributed by atoms with Crippen molar-refractivity contribution in [2.24, 2.45) is 4.99 Å². The molecule has 7 heteroatoms. The summed E-state index contributed by atoms with van der Waals surface area (Å²) in [6.07, 6.45) is 1.95. The van der Waals surface area contributed by atoms with Gasteiger partial charge in [0.15, 0.2) is 5.96 Å². The maximum Gasteiger partial charge on any atom is 0.387 e. The molecular weight excluding hydrogens is 316 g/mol. The smallest absolute Gasteiger partial charge is 0.387 e. The van der Waals surface area contributed by atoms with E-state index in [1.807, 2.05) is 13.8 Å². The number of aliphatic imine (C=N–C) groups is 1. The Balaban J connectivity index is 2.53. The van der Waals surface area contributed by atoms with Gasteiger partial charge < -0.3 is 20.1 Å². The van der Waals surface area contributed by atoms with Gasteiger partial charge in [-0.3, -0.25) is 0 Å². The second-order valence-electron chi connectivity index (χ2n) is 5.01. The molecule has 0 amide bonds. The van der Waals surface area contributed by atoms with Gasteiger partial charge in [0.25, 0.3) is 0 Å². The molecule has 0 atom stereocenters. The molecule has 0 aliphatic rings. The number of unbranched alkanes of at least 4 members (excludes halogenated alkanes) is 1. The van der Waals surface area contributed by atoms with Crippen molar-refractivity contribution in [3.8, 4) is 5.75 Å². The molecule has 1 rings (SSSR count). The van der Waals surface area contributed by atoms with E-state index in [0.29, 0.717) is 11.5 Å². The number of hydrogen-bond donors (Lipinski definition) is 2. The van der Waals surface area contributed by atoms with Crippen LogP contribution in [0.1, 0.15) is 32.3 Å². The zero-order valence-corrected chi connectivity index (χ0v) is 14.4. The summed E-state index contributed by atoms with van der Waals surface area (Å²) >= 11 is 0. The van der Waals surface area contributed by atoms with Crippen molar-refractivity contribution < 1.29 is 18.3 Å². The van der Waals surface area contributed by atoms with E-state index >= 15 is 0 Å². The summed E-state index contributed by atoms with van der Waals surface area (Å²) < 4.78 is 34.6. The van der Waals surface area contributed by atoms with Crippen molar-refractivity contribution in [3.63, 3.8) is 0 Å².